The normalized spacial score (nSPS) is 16.1. The second kappa shape index (κ2) is 9.53. The summed E-state index contributed by atoms with van der Waals surface area (Å²) in [6.45, 7) is 10.2. The van der Waals surface area contributed by atoms with Crippen molar-refractivity contribution in [2.24, 2.45) is 10.9 Å². The molecule has 3 rings (SSSR count). The Hall–Kier alpha value is -2.84. The Balaban J connectivity index is 1.96. The molecule has 2 aromatic rings. The molecule has 7 nitrogen and oxygen atoms in total. The van der Waals surface area contributed by atoms with Crippen molar-refractivity contribution in [3.63, 3.8) is 0 Å². The van der Waals surface area contributed by atoms with Crippen LogP contribution in [0, 0.1) is 5.92 Å². The quantitative estimate of drug-likeness (QED) is 0.293. The first kappa shape index (κ1) is 22.8. The van der Waals surface area contributed by atoms with Crippen LogP contribution in [0.2, 0.25) is 0 Å². The lowest BCUT2D eigenvalue weighted by atomic mass is 9.96. The number of aliphatic hydroxyl groups is 1. The average Bonchev–Trinajstić information content (AvgIpc) is 3.16. The first-order chi connectivity index (χ1) is 14.8. The zero-order valence-corrected chi connectivity index (χ0v) is 18.9. The van der Waals surface area contributed by atoms with Crippen LogP contribution in [0.5, 0.6) is 0 Å². The van der Waals surface area contributed by atoms with Crippen molar-refractivity contribution in [3.8, 4) is 0 Å². The van der Waals surface area contributed by atoms with Crippen LogP contribution < -0.4 is 10.2 Å². The highest BCUT2D eigenvalue weighted by atomic mass is 32.1. The van der Waals surface area contributed by atoms with Crippen LogP contribution >= 0.6 is 11.3 Å². The molecule has 8 heteroatoms. The second-order valence-electron chi connectivity index (χ2n) is 8.07. The monoisotopic (exact) mass is 440 g/mol. The van der Waals surface area contributed by atoms with Crippen molar-refractivity contribution in [1.29, 1.82) is 0 Å². The lowest BCUT2D eigenvalue weighted by Crippen LogP contribution is -2.33. The predicted molar refractivity (Wildman–Crippen MR) is 127 cm³/mol. The van der Waals surface area contributed by atoms with Gasteiger partial charge in [0.1, 0.15) is 12.0 Å². The van der Waals surface area contributed by atoms with Crippen molar-refractivity contribution in [3.05, 3.63) is 41.6 Å². The van der Waals surface area contributed by atoms with Gasteiger partial charge in [-0.2, -0.15) is 0 Å². The van der Waals surface area contributed by atoms with E-state index < -0.39 is 11.5 Å². The number of rotatable bonds is 7. The molecule has 2 N–H and O–H groups in total. The largest absolute Gasteiger partial charge is 0.386 e. The summed E-state index contributed by atoms with van der Waals surface area (Å²) in [7, 11) is 0. The van der Waals surface area contributed by atoms with Gasteiger partial charge in [0.15, 0.2) is 5.13 Å². The van der Waals surface area contributed by atoms with Gasteiger partial charge in [-0.25, -0.2) is 4.98 Å². The number of hydrogen-bond donors (Lipinski definition) is 2. The Morgan fingerprint density at radius 3 is 2.68 bits per heavy atom. The van der Waals surface area contributed by atoms with Crippen molar-refractivity contribution >= 4 is 51.3 Å². The maximum Gasteiger partial charge on any atom is 0.274 e. The Bertz CT molecular complexity index is 1040. The van der Waals surface area contributed by atoms with Crippen LogP contribution in [0.15, 0.2) is 41.1 Å². The first-order valence-electron chi connectivity index (χ1n) is 10.3. The number of anilines is 2. The minimum absolute atomic E-state index is 0.123. The molecule has 2 heterocycles. The number of amides is 1. The SMILES string of the molecule is C=N/C(=C\C=C/C)C(=O)Nc1cc2sc(N3CCC(C=O)CC3)nc2cc1C(C)(C)O. The molecule has 0 bridgehead atoms. The summed E-state index contributed by atoms with van der Waals surface area (Å²) >= 11 is 1.53. The van der Waals surface area contributed by atoms with Gasteiger partial charge in [0, 0.05) is 30.3 Å². The molecular weight excluding hydrogens is 412 g/mol. The van der Waals surface area contributed by atoms with E-state index in [4.69, 9.17) is 4.98 Å². The number of thiazole rings is 1. The molecular formula is C23H28N4O3S. The molecule has 164 valence electrons. The molecule has 0 spiro atoms. The number of piperidine rings is 1. The van der Waals surface area contributed by atoms with Gasteiger partial charge in [-0.1, -0.05) is 23.5 Å². The van der Waals surface area contributed by atoms with Crippen molar-refractivity contribution in [1.82, 2.24) is 4.98 Å². The lowest BCUT2D eigenvalue weighted by Gasteiger charge is -2.29. The van der Waals surface area contributed by atoms with Crippen LogP contribution in [-0.2, 0) is 15.2 Å². The number of fused-ring (bicyclic) bond motifs is 1. The van der Waals surface area contributed by atoms with Gasteiger partial charge in [-0.05, 0) is 58.5 Å². The van der Waals surface area contributed by atoms with Gasteiger partial charge in [0.05, 0.1) is 15.8 Å². The molecule has 1 amide bonds. The number of aromatic nitrogens is 1. The summed E-state index contributed by atoms with van der Waals surface area (Å²) < 4.78 is 0.904. The molecule has 1 saturated heterocycles. The molecule has 0 radical (unpaired) electrons. The molecule has 1 aliphatic heterocycles. The minimum Gasteiger partial charge on any atom is -0.386 e. The van der Waals surface area contributed by atoms with E-state index in [1.54, 1.807) is 32.1 Å². The highest BCUT2D eigenvalue weighted by Crippen LogP contribution is 2.37. The number of aldehydes is 1. The molecule has 1 fully saturated rings. The number of allylic oxidation sites excluding steroid dienone is 3. The van der Waals surface area contributed by atoms with Crippen LogP contribution in [0.25, 0.3) is 10.2 Å². The number of aliphatic imine (C=N–C) groups is 1. The summed E-state index contributed by atoms with van der Waals surface area (Å²) in [6, 6.07) is 3.66. The summed E-state index contributed by atoms with van der Waals surface area (Å²) in [5, 5.41) is 14.5. The fraction of sp³-hybridized carbons (Fsp3) is 0.391. The van der Waals surface area contributed by atoms with E-state index in [1.807, 2.05) is 19.1 Å². The number of nitrogens with one attached hydrogen (secondary N) is 1. The standard InChI is InChI=1S/C23H28N4O3S/c1-5-6-7-17(24-4)21(29)25-18-13-20-19(12-16(18)23(2,3)30)26-22(31-20)27-10-8-15(14-28)9-11-27/h5-7,12-15,30H,4,8-11H2,1-3H3,(H,25,29)/b6-5-,17-7-. The molecule has 1 aliphatic rings. The second-order valence-corrected chi connectivity index (χ2v) is 9.08. The maximum absolute atomic E-state index is 12.7. The molecule has 0 unspecified atom stereocenters. The first-order valence-corrected chi connectivity index (χ1v) is 11.1. The third kappa shape index (κ3) is 5.26. The van der Waals surface area contributed by atoms with E-state index in [-0.39, 0.29) is 11.6 Å². The van der Waals surface area contributed by atoms with Gasteiger partial charge in [0.25, 0.3) is 5.91 Å². The fourth-order valence-corrected chi connectivity index (χ4v) is 4.55. The van der Waals surface area contributed by atoms with Crippen molar-refractivity contribution < 1.29 is 14.7 Å². The highest BCUT2D eigenvalue weighted by Gasteiger charge is 2.25. The van der Waals surface area contributed by atoms with E-state index in [9.17, 15) is 14.7 Å². The van der Waals surface area contributed by atoms with Crippen LogP contribution in [0.3, 0.4) is 0 Å². The summed E-state index contributed by atoms with van der Waals surface area (Å²) in [5.74, 6) is -0.281. The summed E-state index contributed by atoms with van der Waals surface area (Å²) in [6.07, 6.45) is 7.78. The number of nitrogens with zero attached hydrogens (tertiary/aromatic N) is 3. The number of benzene rings is 1. The van der Waals surface area contributed by atoms with Gasteiger partial charge in [0.2, 0.25) is 0 Å². The Labute approximate surface area is 186 Å². The van der Waals surface area contributed by atoms with Gasteiger partial charge in [-0.15, -0.1) is 0 Å². The molecule has 0 atom stereocenters. The molecule has 0 saturated carbocycles. The zero-order valence-electron chi connectivity index (χ0n) is 18.1. The lowest BCUT2D eigenvalue weighted by molar-refractivity contribution is -0.113. The third-order valence-electron chi connectivity index (χ3n) is 5.28. The van der Waals surface area contributed by atoms with E-state index in [1.165, 1.54) is 11.3 Å². The summed E-state index contributed by atoms with van der Waals surface area (Å²) in [4.78, 5) is 34.5. The van der Waals surface area contributed by atoms with Crippen LogP contribution in [0.1, 0.15) is 39.2 Å². The van der Waals surface area contributed by atoms with Gasteiger partial charge < -0.3 is 20.1 Å². The van der Waals surface area contributed by atoms with E-state index >= 15 is 0 Å². The van der Waals surface area contributed by atoms with Crippen LogP contribution in [-0.4, -0.2) is 42.1 Å². The number of carbonyl (C=O) groups is 2. The van der Waals surface area contributed by atoms with E-state index in [2.05, 4.69) is 21.9 Å². The maximum atomic E-state index is 12.7. The Morgan fingerprint density at radius 2 is 2.10 bits per heavy atom. The number of carbonyl (C=O) groups excluding carboxylic acids is 2. The molecule has 1 aromatic heterocycles. The van der Waals surface area contributed by atoms with Gasteiger partial charge >= 0.3 is 0 Å². The van der Waals surface area contributed by atoms with Crippen molar-refractivity contribution in [2.45, 2.75) is 39.2 Å². The van der Waals surface area contributed by atoms with E-state index in [0.29, 0.717) is 11.3 Å². The molecule has 1 aromatic carbocycles. The average molecular weight is 441 g/mol. The van der Waals surface area contributed by atoms with E-state index in [0.717, 1.165) is 47.6 Å². The Kier molecular flexibility index (Phi) is 7.02. The molecule has 31 heavy (non-hydrogen) atoms. The minimum atomic E-state index is -1.18. The predicted octanol–water partition coefficient (Wildman–Crippen LogP) is 4.04. The smallest absolute Gasteiger partial charge is 0.274 e. The summed E-state index contributed by atoms with van der Waals surface area (Å²) in [5.41, 5.74) is 0.842. The van der Waals surface area contributed by atoms with Gasteiger partial charge in [-0.3, -0.25) is 9.79 Å². The Morgan fingerprint density at radius 1 is 1.39 bits per heavy atom. The van der Waals surface area contributed by atoms with Crippen molar-refractivity contribution in [2.75, 3.05) is 23.3 Å². The zero-order chi connectivity index (χ0) is 22.6. The topological polar surface area (TPSA) is 94.9 Å². The van der Waals surface area contributed by atoms with Crippen LogP contribution in [0.4, 0.5) is 10.8 Å². The fourth-order valence-electron chi connectivity index (χ4n) is 3.51. The molecule has 0 aliphatic carbocycles. The third-order valence-corrected chi connectivity index (χ3v) is 6.35. The highest BCUT2D eigenvalue weighted by molar-refractivity contribution is 7.22. The number of hydrogen-bond acceptors (Lipinski definition) is 7.